The average molecular weight is 240 g/mol. The Morgan fingerprint density at radius 3 is 2.06 bits per heavy atom. The average Bonchev–Trinajstić information content (AvgIpc) is 2.08. The summed E-state index contributed by atoms with van der Waals surface area (Å²) in [5.74, 6) is -3.72. The number of carbonyl (C=O) groups is 2. The van der Waals surface area contributed by atoms with Crippen LogP contribution in [0.3, 0.4) is 0 Å². The largest absolute Gasteiger partial charge is 0.478 e. The Morgan fingerprint density at radius 2 is 1.75 bits per heavy atom. The molecule has 0 saturated carbocycles. The molecule has 4 nitrogen and oxygen atoms in total. The fraction of sp³-hybridized carbons (Fsp3) is 0.556. The van der Waals surface area contributed by atoms with Gasteiger partial charge in [-0.25, -0.2) is 9.59 Å². The van der Waals surface area contributed by atoms with Crippen molar-refractivity contribution in [1.29, 1.82) is 0 Å². The van der Waals surface area contributed by atoms with Gasteiger partial charge in [0.15, 0.2) is 6.10 Å². The first-order valence-corrected chi connectivity index (χ1v) is 4.33. The van der Waals surface area contributed by atoms with Gasteiger partial charge in [-0.2, -0.15) is 13.2 Å². The fourth-order valence-electron chi connectivity index (χ4n) is 0.885. The van der Waals surface area contributed by atoms with Crippen LogP contribution in [-0.2, 0) is 14.3 Å². The minimum Gasteiger partial charge on any atom is -0.478 e. The number of hydrogen-bond acceptors (Lipinski definition) is 3. The number of carbonyl (C=O) groups excluding carboxylic acids is 1. The zero-order valence-electron chi connectivity index (χ0n) is 8.62. The van der Waals surface area contributed by atoms with Crippen LogP contribution in [0.1, 0.15) is 13.8 Å². The summed E-state index contributed by atoms with van der Waals surface area (Å²) in [7, 11) is 0. The molecule has 0 aromatic heterocycles. The van der Waals surface area contributed by atoms with Gasteiger partial charge < -0.3 is 9.84 Å². The summed E-state index contributed by atoms with van der Waals surface area (Å²) in [5, 5.41) is 8.15. The van der Waals surface area contributed by atoms with E-state index in [0.717, 1.165) is 0 Å². The molecule has 0 aromatic rings. The normalized spacial score (nSPS) is 14.1. The highest BCUT2D eigenvalue weighted by atomic mass is 19.4. The number of esters is 1. The lowest BCUT2D eigenvalue weighted by atomic mass is 10.1. The predicted octanol–water partition coefficient (Wildman–Crippen LogP) is 1.76. The Kier molecular flexibility index (Phi) is 5.00. The monoisotopic (exact) mass is 240 g/mol. The molecule has 7 heteroatoms. The van der Waals surface area contributed by atoms with Crippen molar-refractivity contribution in [2.75, 3.05) is 0 Å². The van der Waals surface area contributed by atoms with E-state index in [1.54, 1.807) is 0 Å². The second kappa shape index (κ2) is 5.53. The lowest BCUT2D eigenvalue weighted by molar-refractivity contribution is -0.228. The number of carboxylic acids is 1. The van der Waals surface area contributed by atoms with Crippen LogP contribution < -0.4 is 0 Å². The number of halogens is 3. The zero-order valence-corrected chi connectivity index (χ0v) is 8.62. The highest BCUT2D eigenvalue weighted by Crippen LogP contribution is 2.28. The molecule has 0 rings (SSSR count). The molecule has 0 saturated heterocycles. The van der Waals surface area contributed by atoms with Crippen LogP contribution in [0.5, 0.6) is 0 Å². The van der Waals surface area contributed by atoms with Gasteiger partial charge in [-0.3, -0.25) is 0 Å². The Bertz CT molecular complexity index is 294. The molecule has 0 aliphatic heterocycles. The first-order chi connectivity index (χ1) is 7.14. The lowest BCUT2D eigenvalue weighted by Crippen LogP contribution is -2.37. The number of hydrogen-bond donors (Lipinski definition) is 1. The van der Waals surface area contributed by atoms with Crippen molar-refractivity contribution in [3.63, 3.8) is 0 Å². The summed E-state index contributed by atoms with van der Waals surface area (Å²) < 4.78 is 41.0. The van der Waals surface area contributed by atoms with Crippen LogP contribution in [0.15, 0.2) is 12.2 Å². The van der Waals surface area contributed by atoms with Crippen molar-refractivity contribution in [1.82, 2.24) is 0 Å². The Morgan fingerprint density at radius 1 is 1.25 bits per heavy atom. The number of aliphatic carboxylic acids is 1. The highest BCUT2D eigenvalue weighted by molar-refractivity contribution is 5.90. The van der Waals surface area contributed by atoms with Crippen molar-refractivity contribution >= 4 is 11.9 Å². The van der Waals surface area contributed by atoms with Crippen molar-refractivity contribution < 1.29 is 32.6 Å². The quantitative estimate of drug-likeness (QED) is 0.600. The van der Waals surface area contributed by atoms with Gasteiger partial charge in [0.1, 0.15) is 0 Å². The topological polar surface area (TPSA) is 63.6 Å². The molecule has 0 aliphatic carbocycles. The van der Waals surface area contributed by atoms with Gasteiger partial charge in [-0.1, -0.05) is 13.8 Å². The number of rotatable bonds is 4. The van der Waals surface area contributed by atoms with E-state index in [1.807, 2.05) is 0 Å². The Hall–Kier alpha value is -1.53. The number of carboxylic acid groups (broad SMARTS) is 1. The van der Waals surface area contributed by atoms with Crippen LogP contribution in [0.25, 0.3) is 0 Å². The third-order valence-corrected chi connectivity index (χ3v) is 1.53. The van der Waals surface area contributed by atoms with E-state index in [0.29, 0.717) is 12.2 Å². The van der Waals surface area contributed by atoms with Crippen LogP contribution >= 0.6 is 0 Å². The number of ether oxygens (including phenoxy) is 1. The third-order valence-electron chi connectivity index (χ3n) is 1.53. The van der Waals surface area contributed by atoms with E-state index >= 15 is 0 Å². The van der Waals surface area contributed by atoms with Gasteiger partial charge in [0.2, 0.25) is 0 Å². The van der Waals surface area contributed by atoms with Gasteiger partial charge in [-0.15, -0.1) is 0 Å². The van der Waals surface area contributed by atoms with E-state index in [2.05, 4.69) is 4.74 Å². The standard InChI is InChI=1S/C9H11F3O4/c1-5(2)8(9(10,11)12)16-7(15)4-3-6(13)14/h3-5,8H,1-2H3,(H,13,14)/b4-3+. The summed E-state index contributed by atoms with van der Waals surface area (Å²) in [6.07, 6.45) is -6.06. The van der Waals surface area contributed by atoms with E-state index in [9.17, 15) is 22.8 Å². The first kappa shape index (κ1) is 14.5. The summed E-state index contributed by atoms with van der Waals surface area (Å²) in [4.78, 5) is 20.8. The Balaban J connectivity index is 4.54. The maximum atomic E-state index is 12.3. The predicted molar refractivity (Wildman–Crippen MR) is 47.5 cm³/mol. The summed E-state index contributed by atoms with van der Waals surface area (Å²) in [6, 6.07) is 0. The maximum Gasteiger partial charge on any atom is 0.425 e. The van der Waals surface area contributed by atoms with E-state index < -0.39 is 30.1 Å². The second-order valence-electron chi connectivity index (χ2n) is 3.31. The van der Waals surface area contributed by atoms with Crippen LogP contribution in [0, 0.1) is 5.92 Å². The Labute approximate surface area is 89.7 Å². The van der Waals surface area contributed by atoms with Gasteiger partial charge in [-0.05, 0) is 5.92 Å². The maximum absolute atomic E-state index is 12.3. The molecule has 0 fully saturated rings. The SMILES string of the molecule is CC(C)C(OC(=O)/C=C/C(=O)O)C(F)(F)F. The molecule has 1 unspecified atom stereocenters. The molecule has 0 radical (unpaired) electrons. The molecule has 92 valence electrons. The first-order valence-electron chi connectivity index (χ1n) is 4.33. The highest BCUT2D eigenvalue weighted by Gasteiger charge is 2.44. The molecule has 0 amide bonds. The van der Waals surface area contributed by atoms with Gasteiger partial charge >= 0.3 is 18.1 Å². The van der Waals surface area contributed by atoms with E-state index in [1.165, 1.54) is 13.8 Å². The summed E-state index contributed by atoms with van der Waals surface area (Å²) in [6.45, 7) is 2.48. The smallest absolute Gasteiger partial charge is 0.425 e. The van der Waals surface area contributed by atoms with Crippen molar-refractivity contribution in [3.05, 3.63) is 12.2 Å². The molecule has 16 heavy (non-hydrogen) atoms. The van der Waals surface area contributed by atoms with Crippen LogP contribution in [-0.4, -0.2) is 29.3 Å². The van der Waals surface area contributed by atoms with Crippen molar-refractivity contribution in [3.8, 4) is 0 Å². The van der Waals surface area contributed by atoms with Crippen LogP contribution in [0.2, 0.25) is 0 Å². The molecule has 0 spiro atoms. The number of alkyl halides is 3. The molecule has 0 aromatic carbocycles. The molecule has 1 N–H and O–H groups in total. The minimum absolute atomic E-state index is 0.413. The zero-order chi connectivity index (χ0) is 12.9. The molecule has 0 aliphatic rings. The molecule has 0 bridgehead atoms. The summed E-state index contributed by atoms with van der Waals surface area (Å²) in [5.41, 5.74) is 0. The van der Waals surface area contributed by atoms with Crippen molar-refractivity contribution in [2.24, 2.45) is 5.92 Å². The third kappa shape index (κ3) is 5.38. The molecule has 0 heterocycles. The molecular formula is C9H11F3O4. The second-order valence-corrected chi connectivity index (χ2v) is 3.31. The van der Waals surface area contributed by atoms with E-state index in [4.69, 9.17) is 5.11 Å². The van der Waals surface area contributed by atoms with Crippen molar-refractivity contribution in [2.45, 2.75) is 26.1 Å². The van der Waals surface area contributed by atoms with Gasteiger partial charge in [0.25, 0.3) is 0 Å². The minimum atomic E-state index is -4.67. The lowest BCUT2D eigenvalue weighted by Gasteiger charge is -2.22. The molecular weight excluding hydrogens is 229 g/mol. The van der Waals surface area contributed by atoms with Crippen LogP contribution in [0.4, 0.5) is 13.2 Å². The van der Waals surface area contributed by atoms with E-state index in [-0.39, 0.29) is 0 Å². The molecule has 1 atom stereocenters. The fourth-order valence-corrected chi connectivity index (χ4v) is 0.885. The summed E-state index contributed by atoms with van der Waals surface area (Å²) >= 11 is 0. The van der Waals surface area contributed by atoms with Gasteiger partial charge in [0, 0.05) is 12.2 Å². The van der Waals surface area contributed by atoms with Gasteiger partial charge in [0.05, 0.1) is 0 Å².